The largest absolute Gasteiger partial charge is 0.462 e. The van der Waals surface area contributed by atoms with E-state index < -0.39 is 54.4 Å². The minimum absolute atomic E-state index is 0.137. The summed E-state index contributed by atoms with van der Waals surface area (Å²) in [5.41, 5.74) is 0. The first-order valence-electron chi connectivity index (χ1n) is 11.2. The highest BCUT2D eigenvalue weighted by atomic mass is 16.6. The number of hydrogen-bond donors (Lipinski definition) is 0. The molecule has 0 spiro atoms. The van der Waals surface area contributed by atoms with E-state index in [-0.39, 0.29) is 24.7 Å². The molecule has 9 nitrogen and oxygen atoms in total. The fraction of sp³-hybridized carbons (Fsp3) is 0.667. The third-order valence-electron chi connectivity index (χ3n) is 5.69. The molecule has 0 radical (unpaired) electrons. The number of rotatable bonds is 3. The van der Waals surface area contributed by atoms with Crippen LogP contribution >= 0.6 is 0 Å². The van der Waals surface area contributed by atoms with E-state index in [0.29, 0.717) is 12.8 Å². The number of fused-ring (bicyclic) bond motifs is 1. The summed E-state index contributed by atoms with van der Waals surface area (Å²) < 4.78 is 27.5. The molecule has 0 unspecified atom stereocenters. The molecule has 0 aliphatic carbocycles. The van der Waals surface area contributed by atoms with Crippen molar-refractivity contribution < 1.29 is 42.9 Å². The molecular weight excluding hydrogens is 432 g/mol. The molecule has 0 N–H and O–H groups in total. The Bertz CT molecular complexity index is 772. The fourth-order valence-corrected chi connectivity index (χ4v) is 4.27. The summed E-state index contributed by atoms with van der Waals surface area (Å²) in [6.07, 6.45) is 4.56. The Kier molecular flexibility index (Phi) is 10.1. The van der Waals surface area contributed by atoms with Crippen LogP contribution in [0.2, 0.25) is 0 Å². The molecule has 2 heterocycles. The van der Waals surface area contributed by atoms with Gasteiger partial charge < -0.3 is 23.7 Å². The Morgan fingerprint density at radius 1 is 0.970 bits per heavy atom. The molecule has 7 atom stereocenters. The summed E-state index contributed by atoms with van der Waals surface area (Å²) in [6.45, 7) is 6.26. The van der Waals surface area contributed by atoms with Crippen molar-refractivity contribution in [2.75, 3.05) is 7.11 Å². The van der Waals surface area contributed by atoms with Crippen molar-refractivity contribution in [1.29, 1.82) is 0 Å². The van der Waals surface area contributed by atoms with Crippen LogP contribution in [0, 0.1) is 11.8 Å². The highest BCUT2D eigenvalue weighted by Gasteiger charge is 2.46. The first-order chi connectivity index (χ1) is 15.6. The van der Waals surface area contributed by atoms with Crippen molar-refractivity contribution in [2.45, 2.75) is 83.9 Å². The van der Waals surface area contributed by atoms with Gasteiger partial charge in [0.15, 0.2) is 0 Å². The molecule has 0 bridgehead atoms. The molecule has 2 aliphatic rings. The molecular formula is C24H34O9. The molecule has 2 aliphatic heterocycles. The topological polar surface area (TPSA) is 114 Å². The monoisotopic (exact) mass is 466 g/mol. The van der Waals surface area contributed by atoms with Crippen LogP contribution in [-0.2, 0) is 42.9 Å². The third kappa shape index (κ3) is 8.31. The number of allylic oxidation sites excluding steroid dienone is 2. The lowest BCUT2D eigenvalue weighted by atomic mass is 9.84. The average molecular weight is 467 g/mol. The molecule has 9 heteroatoms. The smallest absolute Gasteiger partial charge is 0.309 e. The maximum absolute atomic E-state index is 12.5. The van der Waals surface area contributed by atoms with Gasteiger partial charge in [-0.3, -0.25) is 19.2 Å². The molecule has 2 rings (SSSR count). The molecule has 0 aromatic carbocycles. The van der Waals surface area contributed by atoms with Gasteiger partial charge in [-0.15, -0.1) is 0 Å². The van der Waals surface area contributed by atoms with Crippen LogP contribution in [0.3, 0.4) is 0 Å². The Balaban J connectivity index is 2.40. The molecule has 0 aromatic rings. The SMILES string of the molecule is CO[C@@H]1[C@H]2OC(=O)C[C@H]2C[C@@H](C)[C@@H](OC(C)=O)/C=C/C=C/C[C@@H](C)OC(=O)C[C@H]1OC(C)=O. The van der Waals surface area contributed by atoms with E-state index >= 15 is 0 Å². The van der Waals surface area contributed by atoms with E-state index in [9.17, 15) is 19.2 Å². The summed E-state index contributed by atoms with van der Waals surface area (Å²) in [7, 11) is 1.41. The van der Waals surface area contributed by atoms with Crippen LogP contribution in [0.5, 0.6) is 0 Å². The zero-order chi connectivity index (χ0) is 24.5. The van der Waals surface area contributed by atoms with E-state index in [1.54, 1.807) is 25.2 Å². The van der Waals surface area contributed by atoms with Crippen LogP contribution in [0.4, 0.5) is 0 Å². The van der Waals surface area contributed by atoms with Crippen LogP contribution < -0.4 is 0 Å². The van der Waals surface area contributed by atoms with Crippen molar-refractivity contribution in [2.24, 2.45) is 11.8 Å². The predicted molar refractivity (Wildman–Crippen MR) is 117 cm³/mol. The lowest BCUT2D eigenvalue weighted by molar-refractivity contribution is -0.173. The highest BCUT2D eigenvalue weighted by Crippen LogP contribution is 2.35. The molecule has 0 aromatic heterocycles. The van der Waals surface area contributed by atoms with E-state index in [1.165, 1.54) is 21.0 Å². The molecule has 184 valence electrons. The Morgan fingerprint density at radius 2 is 1.64 bits per heavy atom. The van der Waals surface area contributed by atoms with E-state index in [2.05, 4.69) is 0 Å². The standard InChI is InChI=1S/C24H34O9/c1-14-11-18-12-21(27)33-23(18)24(29-5)20(32-17(4)26)13-22(28)30-15(2)9-7-6-8-10-19(14)31-16(3)25/h6-8,10,14-15,18-20,23-24H,9,11-13H2,1-5H3/b7-6+,10-8+/t14-,15-,18-,19+,20-,23+,24+/m1/s1. The summed E-state index contributed by atoms with van der Waals surface area (Å²) in [5, 5.41) is 0. The average Bonchev–Trinajstić information content (AvgIpc) is 3.05. The van der Waals surface area contributed by atoms with Gasteiger partial charge in [0, 0.05) is 33.3 Å². The first-order valence-corrected chi connectivity index (χ1v) is 11.2. The molecule has 1 saturated heterocycles. The number of ether oxygens (including phenoxy) is 5. The van der Waals surface area contributed by atoms with Gasteiger partial charge in [0.1, 0.15) is 30.5 Å². The van der Waals surface area contributed by atoms with Gasteiger partial charge in [0.25, 0.3) is 0 Å². The quantitative estimate of drug-likeness (QED) is 0.457. The van der Waals surface area contributed by atoms with Gasteiger partial charge in [0.05, 0.1) is 12.8 Å². The molecule has 33 heavy (non-hydrogen) atoms. The van der Waals surface area contributed by atoms with Crippen LogP contribution in [0.1, 0.15) is 53.4 Å². The summed E-state index contributed by atoms with van der Waals surface area (Å²) in [5.74, 6) is -2.37. The van der Waals surface area contributed by atoms with Crippen LogP contribution in [-0.4, -0.2) is 61.5 Å². The number of carbonyl (C=O) groups is 4. The van der Waals surface area contributed by atoms with Crippen molar-refractivity contribution in [3.63, 3.8) is 0 Å². The highest BCUT2D eigenvalue weighted by molar-refractivity contribution is 5.73. The third-order valence-corrected chi connectivity index (χ3v) is 5.69. The second kappa shape index (κ2) is 12.5. The zero-order valence-electron chi connectivity index (χ0n) is 19.9. The van der Waals surface area contributed by atoms with Gasteiger partial charge in [0.2, 0.25) is 0 Å². The van der Waals surface area contributed by atoms with Gasteiger partial charge in [-0.1, -0.05) is 25.2 Å². The number of hydrogen-bond acceptors (Lipinski definition) is 9. The predicted octanol–water partition coefficient (Wildman–Crippen LogP) is 2.66. The van der Waals surface area contributed by atoms with Gasteiger partial charge in [-0.2, -0.15) is 0 Å². The maximum atomic E-state index is 12.5. The normalized spacial score (nSPS) is 35.5. The molecule has 0 amide bonds. The Labute approximate surface area is 194 Å². The Hall–Kier alpha value is -2.68. The zero-order valence-corrected chi connectivity index (χ0v) is 19.9. The molecule has 1 fully saturated rings. The van der Waals surface area contributed by atoms with Gasteiger partial charge in [-0.05, 0) is 25.3 Å². The lowest BCUT2D eigenvalue weighted by Gasteiger charge is -2.33. The minimum atomic E-state index is -0.992. The number of cyclic esters (lactones) is 1. The van der Waals surface area contributed by atoms with Crippen LogP contribution in [0.15, 0.2) is 24.3 Å². The number of carbonyl (C=O) groups excluding carboxylic acids is 4. The van der Waals surface area contributed by atoms with Crippen molar-refractivity contribution in [1.82, 2.24) is 0 Å². The summed E-state index contributed by atoms with van der Waals surface area (Å²) in [4.78, 5) is 48.2. The molecule has 0 saturated carbocycles. The summed E-state index contributed by atoms with van der Waals surface area (Å²) in [6, 6.07) is 0. The van der Waals surface area contributed by atoms with Gasteiger partial charge in [-0.25, -0.2) is 0 Å². The van der Waals surface area contributed by atoms with Crippen molar-refractivity contribution in [3.8, 4) is 0 Å². The minimum Gasteiger partial charge on any atom is -0.462 e. The summed E-state index contributed by atoms with van der Waals surface area (Å²) >= 11 is 0. The van der Waals surface area contributed by atoms with Crippen molar-refractivity contribution in [3.05, 3.63) is 24.3 Å². The lowest BCUT2D eigenvalue weighted by Crippen LogP contribution is -2.46. The number of esters is 4. The maximum Gasteiger partial charge on any atom is 0.309 e. The van der Waals surface area contributed by atoms with Gasteiger partial charge >= 0.3 is 23.9 Å². The second-order valence-corrected chi connectivity index (χ2v) is 8.61. The fourth-order valence-electron chi connectivity index (χ4n) is 4.27. The Morgan fingerprint density at radius 3 is 2.27 bits per heavy atom. The van der Waals surface area contributed by atoms with E-state index in [0.717, 1.165) is 0 Å². The first kappa shape index (κ1) is 26.6. The van der Waals surface area contributed by atoms with Crippen molar-refractivity contribution >= 4 is 23.9 Å². The number of methoxy groups -OCH3 is 1. The van der Waals surface area contributed by atoms with E-state index in [4.69, 9.17) is 23.7 Å². The van der Waals surface area contributed by atoms with E-state index in [1.807, 2.05) is 13.0 Å². The second-order valence-electron chi connectivity index (χ2n) is 8.61. The van der Waals surface area contributed by atoms with Crippen LogP contribution in [0.25, 0.3) is 0 Å².